The zero-order valence-electron chi connectivity index (χ0n) is 9.50. The van der Waals surface area contributed by atoms with Crippen molar-refractivity contribution >= 4 is 17.1 Å². The Labute approximate surface area is 102 Å². The minimum Gasteiger partial charge on any atom is -0.463 e. The van der Waals surface area contributed by atoms with Gasteiger partial charge >= 0.3 is 5.97 Å². The van der Waals surface area contributed by atoms with Gasteiger partial charge in [0.05, 0.1) is 24.7 Å². The highest BCUT2D eigenvalue weighted by Gasteiger charge is 2.12. The molecule has 0 saturated heterocycles. The zero-order chi connectivity index (χ0) is 12.4. The van der Waals surface area contributed by atoms with Crippen LogP contribution in [0.4, 0.5) is 0 Å². The third-order valence-electron chi connectivity index (χ3n) is 2.60. The van der Waals surface area contributed by atoms with Crippen LogP contribution in [0.1, 0.15) is 10.5 Å². The number of hydrogen-bond acceptors (Lipinski definition) is 4. The summed E-state index contributed by atoms with van der Waals surface area (Å²) < 4.78 is 12.1. The molecule has 0 spiro atoms. The molecule has 1 N–H and O–H groups in total. The van der Waals surface area contributed by atoms with Crippen molar-refractivity contribution < 1.29 is 13.9 Å². The number of hydrogen-bond donors (Lipinski definition) is 1. The summed E-state index contributed by atoms with van der Waals surface area (Å²) in [5.41, 5.74) is 1.84. The van der Waals surface area contributed by atoms with Crippen LogP contribution >= 0.6 is 0 Å². The molecule has 18 heavy (non-hydrogen) atoms. The van der Waals surface area contributed by atoms with Crippen molar-refractivity contribution in [2.45, 2.75) is 6.54 Å². The molecule has 0 aliphatic heterocycles. The summed E-state index contributed by atoms with van der Waals surface area (Å²) in [6.07, 6.45) is 6.74. The molecule has 3 rings (SSSR count). The average Bonchev–Trinajstić information content (AvgIpc) is 3.04. The van der Waals surface area contributed by atoms with Crippen molar-refractivity contribution in [2.75, 3.05) is 6.61 Å². The highest BCUT2D eigenvalue weighted by Crippen LogP contribution is 2.16. The van der Waals surface area contributed by atoms with Crippen molar-refractivity contribution in [2.24, 2.45) is 0 Å². The number of carbonyl (C=O) groups is 1. The number of aromatic nitrogens is 3. The van der Waals surface area contributed by atoms with Gasteiger partial charge in [0.15, 0.2) is 5.58 Å². The minimum atomic E-state index is -0.387. The molecule has 6 heteroatoms. The highest BCUT2D eigenvalue weighted by molar-refractivity contribution is 5.93. The van der Waals surface area contributed by atoms with Crippen LogP contribution in [-0.4, -0.2) is 27.1 Å². The van der Waals surface area contributed by atoms with Gasteiger partial charge in [-0.05, 0) is 0 Å². The number of H-pyrrole nitrogens is 1. The lowest BCUT2D eigenvalue weighted by molar-refractivity contribution is 0.0485. The molecule has 0 saturated carbocycles. The lowest BCUT2D eigenvalue weighted by Crippen LogP contribution is -2.10. The summed E-state index contributed by atoms with van der Waals surface area (Å²) in [7, 11) is 0. The van der Waals surface area contributed by atoms with E-state index in [1.54, 1.807) is 30.9 Å². The van der Waals surface area contributed by atoms with E-state index in [0.29, 0.717) is 24.4 Å². The molecule has 0 aromatic carbocycles. The van der Waals surface area contributed by atoms with Gasteiger partial charge in [0.25, 0.3) is 0 Å². The molecule has 0 aliphatic rings. The fourth-order valence-corrected chi connectivity index (χ4v) is 1.70. The van der Waals surface area contributed by atoms with E-state index in [1.807, 2.05) is 10.8 Å². The summed E-state index contributed by atoms with van der Waals surface area (Å²) in [5, 5.41) is 0. The van der Waals surface area contributed by atoms with Crippen LogP contribution in [-0.2, 0) is 11.3 Å². The predicted molar refractivity (Wildman–Crippen MR) is 63.1 cm³/mol. The summed E-state index contributed by atoms with van der Waals surface area (Å²) >= 11 is 0. The topological polar surface area (TPSA) is 73.1 Å². The molecular formula is C12H11N3O3. The van der Waals surface area contributed by atoms with Gasteiger partial charge < -0.3 is 18.7 Å². The molecule has 3 heterocycles. The Morgan fingerprint density at radius 3 is 3.28 bits per heavy atom. The van der Waals surface area contributed by atoms with E-state index in [9.17, 15) is 4.79 Å². The number of carbonyl (C=O) groups excluding carboxylic acids is 1. The normalized spacial score (nSPS) is 10.9. The van der Waals surface area contributed by atoms with Gasteiger partial charge in [-0.3, -0.25) is 0 Å². The maximum atomic E-state index is 11.7. The first kappa shape index (κ1) is 10.6. The standard InChI is InChI=1S/C12H11N3O3/c16-12(18-6-4-15-3-2-13-8-15)10-7-11-9(14-10)1-5-17-11/h1-3,5,7-8,14H,4,6H2. The number of aromatic amines is 1. The Kier molecular flexibility index (Phi) is 2.60. The van der Waals surface area contributed by atoms with Crippen LogP contribution in [0.5, 0.6) is 0 Å². The second kappa shape index (κ2) is 4.40. The number of imidazole rings is 1. The summed E-state index contributed by atoms with van der Waals surface area (Å²) in [6.45, 7) is 0.887. The van der Waals surface area contributed by atoms with Crippen molar-refractivity contribution in [3.8, 4) is 0 Å². The Balaban J connectivity index is 1.59. The predicted octanol–water partition coefficient (Wildman–Crippen LogP) is 1.81. The van der Waals surface area contributed by atoms with Crippen molar-refractivity contribution in [3.63, 3.8) is 0 Å². The smallest absolute Gasteiger partial charge is 0.354 e. The molecular weight excluding hydrogens is 234 g/mol. The largest absolute Gasteiger partial charge is 0.463 e. The van der Waals surface area contributed by atoms with E-state index in [2.05, 4.69) is 9.97 Å². The van der Waals surface area contributed by atoms with Gasteiger partial charge in [0.2, 0.25) is 0 Å². The summed E-state index contributed by atoms with van der Waals surface area (Å²) in [5.74, 6) is -0.387. The van der Waals surface area contributed by atoms with E-state index in [0.717, 1.165) is 5.52 Å². The Bertz CT molecular complexity index is 623. The minimum absolute atomic E-state index is 0.301. The molecule has 0 fully saturated rings. The molecule has 0 unspecified atom stereocenters. The molecule has 0 radical (unpaired) electrons. The molecule has 92 valence electrons. The molecule has 0 atom stereocenters. The van der Waals surface area contributed by atoms with Crippen LogP contribution in [0.25, 0.3) is 11.1 Å². The second-order valence-electron chi connectivity index (χ2n) is 3.82. The highest BCUT2D eigenvalue weighted by atomic mass is 16.5. The number of furan rings is 1. The molecule has 6 nitrogen and oxygen atoms in total. The van der Waals surface area contributed by atoms with Gasteiger partial charge in [-0.15, -0.1) is 0 Å². The number of esters is 1. The zero-order valence-corrected chi connectivity index (χ0v) is 9.50. The second-order valence-corrected chi connectivity index (χ2v) is 3.82. The van der Waals surface area contributed by atoms with Crippen LogP contribution in [0.15, 0.2) is 41.5 Å². The quantitative estimate of drug-likeness (QED) is 0.711. The monoisotopic (exact) mass is 245 g/mol. The van der Waals surface area contributed by atoms with E-state index in [4.69, 9.17) is 9.15 Å². The summed E-state index contributed by atoms with van der Waals surface area (Å²) in [6, 6.07) is 3.40. The van der Waals surface area contributed by atoms with Crippen molar-refractivity contribution in [1.29, 1.82) is 0 Å². The van der Waals surface area contributed by atoms with Crippen LogP contribution in [0.2, 0.25) is 0 Å². The van der Waals surface area contributed by atoms with Crippen LogP contribution in [0, 0.1) is 0 Å². The van der Waals surface area contributed by atoms with Crippen molar-refractivity contribution in [1.82, 2.24) is 14.5 Å². The van der Waals surface area contributed by atoms with Crippen LogP contribution in [0.3, 0.4) is 0 Å². The number of fused-ring (bicyclic) bond motifs is 1. The molecule has 3 aromatic heterocycles. The molecule has 0 bridgehead atoms. The Morgan fingerprint density at radius 1 is 1.56 bits per heavy atom. The Morgan fingerprint density at radius 2 is 2.50 bits per heavy atom. The number of rotatable bonds is 4. The first-order valence-corrected chi connectivity index (χ1v) is 5.52. The Hall–Kier alpha value is -2.50. The maximum Gasteiger partial charge on any atom is 0.354 e. The van der Waals surface area contributed by atoms with Crippen molar-refractivity contribution in [3.05, 3.63) is 42.8 Å². The first-order chi connectivity index (χ1) is 8.83. The van der Waals surface area contributed by atoms with Gasteiger partial charge in [-0.2, -0.15) is 0 Å². The van der Waals surface area contributed by atoms with Gasteiger partial charge in [-0.25, -0.2) is 9.78 Å². The lowest BCUT2D eigenvalue weighted by Gasteiger charge is -2.03. The molecule has 3 aromatic rings. The molecule has 0 amide bonds. The number of ether oxygens (including phenoxy) is 1. The van der Waals surface area contributed by atoms with Crippen LogP contribution < -0.4 is 0 Å². The SMILES string of the molecule is O=C(OCCn1ccnc1)c1cc2occc2[nH]1. The average molecular weight is 245 g/mol. The van der Waals surface area contributed by atoms with E-state index in [-0.39, 0.29) is 5.97 Å². The first-order valence-electron chi connectivity index (χ1n) is 5.52. The fourth-order valence-electron chi connectivity index (χ4n) is 1.70. The number of nitrogens with one attached hydrogen (secondary N) is 1. The van der Waals surface area contributed by atoms with Gasteiger partial charge in [0.1, 0.15) is 12.3 Å². The third-order valence-corrected chi connectivity index (χ3v) is 2.60. The summed E-state index contributed by atoms with van der Waals surface area (Å²) in [4.78, 5) is 18.6. The fraction of sp³-hybridized carbons (Fsp3) is 0.167. The maximum absolute atomic E-state index is 11.7. The van der Waals surface area contributed by atoms with Gasteiger partial charge in [-0.1, -0.05) is 0 Å². The van der Waals surface area contributed by atoms with E-state index in [1.165, 1.54) is 0 Å². The third kappa shape index (κ3) is 2.00. The van der Waals surface area contributed by atoms with Gasteiger partial charge in [0, 0.05) is 24.5 Å². The molecule has 0 aliphatic carbocycles. The van der Waals surface area contributed by atoms with E-state index < -0.39 is 0 Å². The lowest BCUT2D eigenvalue weighted by atomic mass is 10.4. The number of nitrogens with zero attached hydrogens (tertiary/aromatic N) is 2. The van der Waals surface area contributed by atoms with E-state index >= 15 is 0 Å².